The normalized spacial score (nSPS) is 11.5. The average Bonchev–Trinajstić information content (AvgIpc) is 3.14. The zero-order chi connectivity index (χ0) is 30.5. The van der Waals surface area contributed by atoms with Gasteiger partial charge >= 0.3 is 0 Å². The fraction of sp³-hybridized carbons (Fsp3) is 0. The second-order valence-electron chi connectivity index (χ2n) is 12.0. The van der Waals surface area contributed by atoms with Crippen molar-refractivity contribution in [1.29, 1.82) is 0 Å². The topological polar surface area (TPSA) is 0 Å². The maximum absolute atomic E-state index is 2.31. The highest BCUT2D eigenvalue weighted by molar-refractivity contribution is 6.23. The Labute approximate surface area is 268 Å². The second-order valence-corrected chi connectivity index (χ2v) is 12.0. The molecule has 46 heavy (non-hydrogen) atoms. The van der Waals surface area contributed by atoms with Gasteiger partial charge in [-0.25, -0.2) is 0 Å². The Morgan fingerprint density at radius 2 is 0.609 bits per heavy atom. The van der Waals surface area contributed by atoms with Crippen molar-refractivity contribution in [3.8, 4) is 44.5 Å². The third-order valence-electron chi connectivity index (χ3n) is 9.48. The van der Waals surface area contributed by atoms with Crippen LogP contribution in [-0.4, -0.2) is 0 Å². The van der Waals surface area contributed by atoms with E-state index in [0.717, 1.165) is 0 Å². The van der Waals surface area contributed by atoms with Crippen molar-refractivity contribution in [3.63, 3.8) is 0 Å². The van der Waals surface area contributed by atoms with Crippen LogP contribution in [0.3, 0.4) is 0 Å². The first-order chi connectivity index (χ1) is 22.8. The van der Waals surface area contributed by atoms with Gasteiger partial charge in [-0.05, 0) is 87.6 Å². The van der Waals surface area contributed by atoms with Gasteiger partial charge in [-0.2, -0.15) is 0 Å². The van der Waals surface area contributed by atoms with E-state index in [4.69, 9.17) is 0 Å². The summed E-state index contributed by atoms with van der Waals surface area (Å²) in [6, 6.07) is 66.4. The van der Waals surface area contributed by atoms with E-state index in [1.165, 1.54) is 87.6 Å². The Balaban J connectivity index is 1.24. The van der Waals surface area contributed by atoms with Gasteiger partial charge in [0, 0.05) is 0 Å². The van der Waals surface area contributed by atoms with Crippen LogP contribution in [-0.2, 0) is 0 Å². The van der Waals surface area contributed by atoms with Crippen molar-refractivity contribution in [2.45, 2.75) is 0 Å². The number of hydrogen-bond acceptors (Lipinski definition) is 0. The number of hydrogen-bond donors (Lipinski definition) is 0. The molecule has 0 aliphatic rings. The predicted octanol–water partition coefficient (Wildman–Crippen LogP) is 13.0. The SMILES string of the molecule is c1ccc(-c2ccc(-c3ccc(-c4c5ccccc5c(-c5cccc6ccccc56)c5ccccc45)cc3)c3ccccc23)cc1. The van der Waals surface area contributed by atoms with Crippen LogP contribution in [0.1, 0.15) is 0 Å². The first kappa shape index (κ1) is 26.4. The molecule has 0 radical (unpaired) electrons. The van der Waals surface area contributed by atoms with E-state index in [-0.39, 0.29) is 0 Å². The maximum Gasteiger partial charge on any atom is -0.00201 e. The molecule has 214 valence electrons. The molecule has 9 aromatic rings. The molecule has 0 unspecified atom stereocenters. The van der Waals surface area contributed by atoms with E-state index in [0.29, 0.717) is 0 Å². The third kappa shape index (κ3) is 4.23. The van der Waals surface area contributed by atoms with Crippen molar-refractivity contribution >= 4 is 43.1 Å². The molecule has 9 aromatic carbocycles. The molecule has 0 nitrogen and oxygen atoms in total. The molecule has 0 spiro atoms. The first-order valence-corrected chi connectivity index (χ1v) is 15.9. The number of fused-ring (bicyclic) bond motifs is 4. The van der Waals surface area contributed by atoms with E-state index in [9.17, 15) is 0 Å². The molecule has 0 bridgehead atoms. The maximum atomic E-state index is 2.31. The van der Waals surface area contributed by atoms with Crippen LogP contribution < -0.4 is 0 Å². The molecular weight excluding hydrogens is 553 g/mol. The van der Waals surface area contributed by atoms with Gasteiger partial charge in [0.1, 0.15) is 0 Å². The fourth-order valence-electron chi connectivity index (χ4n) is 7.41. The quantitative estimate of drug-likeness (QED) is 0.181. The molecule has 9 rings (SSSR count). The zero-order valence-electron chi connectivity index (χ0n) is 25.3. The minimum atomic E-state index is 1.22. The molecule has 0 heterocycles. The molecule has 0 N–H and O–H groups in total. The lowest BCUT2D eigenvalue weighted by molar-refractivity contribution is 1.62. The van der Waals surface area contributed by atoms with Gasteiger partial charge in [-0.1, -0.05) is 182 Å². The summed E-state index contributed by atoms with van der Waals surface area (Å²) in [5.41, 5.74) is 10.1. The van der Waals surface area contributed by atoms with Crippen LogP contribution in [0.15, 0.2) is 182 Å². The lowest BCUT2D eigenvalue weighted by Gasteiger charge is -2.19. The molecular formula is C46H30. The third-order valence-corrected chi connectivity index (χ3v) is 9.48. The summed E-state index contributed by atoms with van der Waals surface area (Å²) in [5, 5.41) is 10.2. The van der Waals surface area contributed by atoms with Gasteiger partial charge < -0.3 is 0 Å². The van der Waals surface area contributed by atoms with Crippen LogP contribution in [0.4, 0.5) is 0 Å². The van der Waals surface area contributed by atoms with Crippen molar-refractivity contribution in [2.75, 3.05) is 0 Å². The van der Waals surface area contributed by atoms with Gasteiger partial charge in [-0.15, -0.1) is 0 Å². The summed E-state index contributed by atoms with van der Waals surface area (Å²) in [6.07, 6.45) is 0. The van der Waals surface area contributed by atoms with E-state index >= 15 is 0 Å². The Hall–Kier alpha value is -5.98. The van der Waals surface area contributed by atoms with Gasteiger partial charge in [0.05, 0.1) is 0 Å². The summed E-state index contributed by atoms with van der Waals surface area (Å²) < 4.78 is 0. The number of rotatable bonds is 4. The Morgan fingerprint density at radius 3 is 1.20 bits per heavy atom. The molecule has 0 saturated carbocycles. The summed E-state index contributed by atoms with van der Waals surface area (Å²) >= 11 is 0. The van der Waals surface area contributed by atoms with Crippen molar-refractivity contribution in [1.82, 2.24) is 0 Å². The minimum absolute atomic E-state index is 1.22. The molecule has 0 atom stereocenters. The lowest BCUT2D eigenvalue weighted by atomic mass is 9.84. The van der Waals surface area contributed by atoms with Crippen molar-refractivity contribution in [3.05, 3.63) is 182 Å². The summed E-state index contributed by atoms with van der Waals surface area (Å²) in [7, 11) is 0. The Kier molecular flexibility index (Phi) is 6.25. The molecule has 0 fully saturated rings. The highest BCUT2D eigenvalue weighted by Crippen LogP contribution is 2.45. The Morgan fingerprint density at radius 1 is 0.196 bits per heavy atom. The second kappa shape index (κ2) is 10.9. The smallest absolute Gasteiger partial charge is 0.00201 e. The van der Waals surface area contributed by atoms with E-state index in [1.54, 1.807) is 0 Å². The zero-order valence-corrected chi connectivity index (χ0v) is 25.3. The summed E-state index contributed by atoms with van der Waals surface area (Å²) in [5.74, 6) is 0. The highest BCUT2D eigenvalue weighted by atomic mass is 14.2. The van der Waals surface area contributed by atoms with E-state index < -0.39 is 0 Å². The predicted molar refractivity (Wildman–Crippen MR) is 198 cm³/mol. The van der Waals surface area contributed by atoms with Crippen LogP contribution in [0.5, 0.6) is 0 Å². The van der Waals surface area contributed by atoms with Crippen LogP contribution in [0, 0.1) is 0 Å². The summed E-state index contributed by atoms with van der Waals surface area (Å²) in [6.45, 7) is 0. The van der Waals surface area contributed by atoms with Crippen molar-refractivity contribution < 1.29 is 0 Å². The van der Waals surface area contributed by atoms with Crippen LogP contribution in [0.25, 0.3) is 87.6 Å². The average molecular weight is 583 g/mol. The highest BCUT2D eigenvalue weighted by Gasteiger charge is 2.18. The monoisotopic (exact) mass is 582 g/mol. The minimum Gasteiger partial charge on any atom is -0.0622 e. The molecule has 0 aliphatic carbocycles. The molecule has 0 aromatic heterocycles. The molecule has 0 amide bonds. The number of benzene rings is 9. The van der Waals surface area contributed by atoms with Gasteiger partial charge in [0.25, 0.3) is 0 Å². The molecule has 0 saturated heterocycles. The molecule has 0 heteroatoms. The standard InChI is InChI=1S/C46H30/c1-2-13-31(14-3-1)36-29-30-37(39-19-7-6-18-38(36)39)33-25-27-34(28-26-33)45-41-20-8-10-22-43(41)46(44-23-11-9-21-42(44)45)40-24-12-16-32-15-4-5-17-35(32)40/h1-30H. The fourth-order valence-corrected chi connectivity index (χ4v) is 7.41. The van der Waals surface area contributed by atoms with Gasteiger partial charge in [0.2, 0.25) is 0 Å². The first-order valence-electron chi connectivity index (χ1n) is 15.9. The lowest BCUT2D eigenvalue weighted by Crippen LogP contribution is -1.92. The van der Waals surface area contributed by atoms with E-state index in [2.05, 4.69) is 182 Å². The molecule has 0 aliphatic heterocycles. The Bertz CT molecular complexity index is 2490. The van der Waals surface area contributed by atoms with Gasteiger partial charge in [-0.3, -0.25) is 0 Å². The summed E-state index contributed by atoms with van der Waals surface area (Å²) in [4.78, 5) is 0. The largest absolute Gasteiger partial charge is 0.0622 e. The van der Waals surface area contributed by atoms with Gasteiger partial charge in [0.15, 0.2) is 0 Å². The van der Waals surface area contributed by atoms with Crippen LogP contribution >= 0.6 is 0 Å². The van der Waals surface area contributed by atoms with Crippen LogP contribution in [0.2, 0.25) is 0 Å². The van der Waals surface area contributed by atoms with Crippen molar-refractivity contribution in [2.24, 2.45) is 0 Å². The van der Waals surface area contributed by atoms with E-state index in [1.807, 2.05) is 0 Å².